The molecular weight excluding hydrogens is 240 g/mol. The van der Waals surface area contributed by atoms with Gasteiger partial charge in [0.05, 0.1) is 0 Å². The van der Waals surface area contributed by atoms with Crippen LogP contribution < -0.4 is 10.6 Å². The first-order valence-corrected chi connectivity index (χ1v) is 7.75. The minimum absolute atomic E-state index is 0.0263. The first-order chi connectivity index (χ1) is 9.16. The number of hydrogen-bond donors (Lipinski definition) is 2. The summed E-state index contributed by atoms with van der Waals surface area (Å²) in [5.41, 5.74) is 0. The van der Waals surface area contributed by atoms with Gasteiger partial charge in [0.2, 0.25) is 11.8 Å². The van der Waals surface area contributed by atoms with Crippen molar-refractivity contribution in [3.63, 3.8) is 0 Å². The molecular formula is C15H26N2O2. The first-order valence-electron chi connectivity index (χ1n) is 7.75. The highest BCUT2D eigenvalue weighted by atomic mass is 16.2. The standard InChI is InChI=1S/C15H26N2O2/c1-11(17-15(19)13-8-4-5-9-13)10-16-14(18)12-6-2-3-7-12/h11-13H,2-10H2,1H3,(H,16,18)(H,17,19)/t11-/m1/s1. The molecule has 0 radical (unpaired) electrons. The average molecular weight is 266 g/mol. The Bertz CT molecular complexity index is 318. The van der Waals surface area contributed by atoms with Crippen molar-refractivity contribution < 1.29 is 9.59 Å². The Morgan fingerprint density at radius 3 is 1.95 bits per heavy atom. The summed E-state index contributed by atoms with van der Waals surface area (Å²) in [4.78, 5) is 23.8. The monoisotopic (exact) mass is 266 g/mol. The lowest BCUT2D eigenvalue weighted by molar-refractivity contribution is -0.127. The quantitative estimate of drug-likeness (QED) is 0.799. The van der Waals surface area contributed by atoms with Gasteiger partial charge in [-0.25, -0.2) is 0 Å². The summed E-state index contributed by atoms with van der Waals surface area (Å²) in [5, 5.41) is 5.98. The molecule has 0 aromatic carbocycles. The minimum atomic E-state index is 0.0263. The van der Waals surface area contributed by atoms with Crippen LogP contribution in [0.2, 0.25) is 0 Å². The highest BCUT2D eigenvalue weighted by Gasteiger charge is 2.25. The third-order valence-corrected chi connectivity index (χ3v) is 4.42. The van der Waals surface area contributed by atoms with Crippen molar-refractivity contribution in [1.29, 1.82) is 0 Å². The van der Waals surface area contributed by atoms with Gasteiger partial charge in [-0.1, -0.05) is 25.7 Å². The number of carbonyl (C=O) groups excluding carboxylic acids is 2. The third-order valence-electron chi connectivity index (χ3n) is 4.42. The van der Waals surface area contributed by atoms with Crippen molar-refractivity contribution in [3.05, 3.63) is 0 Å². The van der Waals surface area contributed by atoms with Gasteiger partial charge < -0.3 is 10.6 Å². The maximum atomic E-state index is 11.9. The van der Waals surface area contributed by atoms with Crippen molar-refractivity contribution in [3.8, 4) is 0 Å². The van der Waals surface area contributed by atoms with Crippen molar-refractivity contribution >= 4 is 11.8 Å². The van der Waals surface area contributed by atoms with Crippen molar-refractivity contribution in [2.24, 2.45) is 11.8 Å². The summed E-state index contributed by atoms with van der Waals surface area (Å²) in [6, 6.07) is 0.0263. The van der Waals surface area contributed by atoms with E-state index in [4.69, 9.17) is 0 Å². The predicted octanol–water partition coefficient (Wildman–Crippen LogP) is 1.99. The molecule has 2 fully saturated rings. The molecule has 108 valence electrons. The van der Waals surface area contributed by atoms with Crippen molar-refractivity contribution in [2.75, 3.05) is 6.54 Å². The van der Waals surface area contributed by atoms with E-state index in [-0.39, 0.29) is 29.7 Å². The van der Waals surface area contributed by atoms with Crippen LogP contribution in [0.5, 0.6) is 0 Å². The van der Waals surface area contributed by atoms with Gasteiger partial charge in [-0.2, -0.15) is 0 Å². The molecule has 4 heteroatoms. The maximum absolute atomic E-state index is 11.9. The summed E-state index contributed by atoms with van der Waals surface area (Å²) in [6.07, 6.45) is 8.77. The van der Waals surface area contributed by atoms with Gasteiger partial charge in [0.1, 0.15) is 0 Å². The molecule has 0 spiro atoms. The Morgan fingerprint density at radius 1 is 0.947 bits per heavy atom. The van der Waals surface area contributed by atoms with E-state index >= 15 is 0 Å². The Labute approximate surface area is 115 Å². The first kappa shape index (κ1) is 14.4. The summed E-state index contributed by atoms with van der Waals surface area (Å²) in [5.74, 6) is 0.741. The lowest BCUT2D eigenvalue weighted by Gasteiger charge is -2.18. The van der Waals surface area contributed by atoms with Gasteiger partial charge in [-0.15, -0.1) is 0 Å². The van der Waals surface area contributed by atoms with Crippen LogP contribution in [0.15, 0.2) is 0 Å². The number of hydrogen-bond acceptors (Lipinski definition) is 2. The molecule has 0 unspecified atom stereocenters. The second-order valence-electron chi connectivity index (χ2n) is 6.12. The van der Waals surface area contributed by atoms with Gasteiger partial charge in [0.25, 0.3) is 0 Å². The molecule has 0 saturated heterocycles. The fourth-order valence-corrected chi connectivity index (χ4v) is 3.19. The number of nitrogens with one attached hydrogen (secondary N) is 2. The van der Waals surface area contributed by atoms with E-state index in [2.05, 4.69) is 10.6 Å². The van der Waals surface area contributed by atoms with Gasteiger partial charge in [-0.3, -0.25) is 9.59 Å². The molecule has 0 bridgehead atoms. The van der Waals surface area contributed by atoms with Gasteiger partial charge in [0.15, 0.2) is 0 Å². The highest BCUT2D eigenvalue weighted by Crippen LogP contribution is 2.25. The van der Waals surface area contributed by atoms with E-state index in [0.29, 0.717) is 6.54 Å². The van der Waals surface area contributed by atoms with Crippen LogP contribution in [0.3, 0.4) is 0 Å². The molecule has 19 heavy (non-hydrogen) atoms. The normalized spacial score (nSPS) is 22.4. The fourth-order valence-electron chi connectivity index (χ4n) is 3.19. The number of carbonyl (C=O) groups is 2. The van der Waals surface area contributed by atoms with E-state index in [9.17, 15) is 9.59 Å². The molecule has 2 rings (SSSR count). The Kier molecular flexibility index (Phi) is 5.23. The second kappa shape index (κ2) is 6.92. The number of amides is 2. The largest absolute Gasteiger partial charge is 0.354 e. The molecule has 2 N–H and O–H groups in total. The zero-order chi connectivity index (χ0) is 13.7. The fraction of sp³-hybridized carbons (Fsp3) is 0.867. The van der Waals surface area contributed by atoms with Crippen LogP contribution in [0.25, 0.3) is 0 Å². The molecule has 0 aromatic heterocycles. The van der Waals surface area contributed by atoms with E-state index in [1.54, 1.807) is 0 Å². The SMILES string of the molecule is C[C@H](CNC(=O)C1CCCC1)NC(=O)C1CCCC1. The molecule has 2 amide bonds. The van der Waals surface area contributed by atoms with Crippen LogP contribution in [0.1, 0.15) is 58.3 Å². The average Bonchev–Trinajstić information content (AvgIpc) is 3.07. The molecule has 1 atom stereocenters. The third kappa shape index (κ3) is 4.22. The summed E-state index contributed by atoms with van der Waals surface area (Å²) in [6.45, 7) is 2.51. The smallest absolute Gasteiger partial charge is 0.223 e. The molecule has 0 aromatic rings. The molecule has 2 aliphatic carbocycles. The second-order valence-corrected chi connectivity index (χ2v) is 6.12. The minimum Gasteiger partial charge on any atom is -0.354 e. The van der Waals surface area contributed by atoms with Gasteiger partial charge >= 0.3 is 0 Å². The van der Waals surface area contributed by atoms with Crippen LogP contribution >= 0.6 is 0 Å². The van der Waals surface area contributed by atoms with E-state index in [1.807, 2.05) is 6.92 Å². The zero-order valence-corrected chi connectivity index (χ0v) is 11.9. The van der Waals surface area contributed by atoms with E-state index in [0.717, 1.165) is 25.7 Å². The van der Waals surface area contributed by atoms with Gasteiger partial charge in [-0.05, 0) is 32.6 Å². The van der Waals surface area contributed by atoms with Crippen LogP contribution in [-0.4, -0.2) is 24.4 Å². The lowest BCUT2D eigenvalue weighted by atomic mass is 10.1. The topological polar surface area (TPSA) is 58.2 Å². The molecule has 4 nitrogen and oxygen atoms in total. The van der Waals surface area contributed by atoms with E-state index < -0.39 is 0 Å². The van der Waals surface area contributed by atoms with Crippen molar-refractivity contribution in [1.82, 2.24) is 10.6 Å². The Morgan fingerprint density at radius 2 is 1.42 bits per heavy atom. The molecule has 0 aliphatic heterocycles. The number of rotatable bonds is 5. The Balaban J connectivity index is 1.64. The van der Waals surface area contributed by atoms with Crippen LogP contribution in [0.4, 0.5) is 0 Å². The maximum Gasteiger partial charge on any atom is 0.223 e. The summed E-state index contributed by atoms with van der Waals surface area (Å²) < 4.78 is 0. The lowest BCUT2D eigenvalue weighted by Crippen LogP contribution is -2.44. The summed E-state index contributed by atoms with van der Waals surface area (Å²) in [7, 11) is 0. The van der Waals surface area contributed by atoms with Crippen LogP contribution in [-0.2, 0) is 9.59 Å². The van der Waals surface area contributed by atoms with Gasteiger partial charge in [0, 0.05) is 24.4 Å². The van der Waals surface area contributed by atoms with Crippen LogP contribution in [0, 0.1) is 11.8 Å². The van der Waals surface area contributed by atoms with Crippen molar-refractivity contribution in [2.45, 2.75) is 64.3 Å². The Hall–Kier alpha value is -1.06. The summed E-state index contributed by atoms with van der Waals surface area (Å²) >= 11 is 0. The molecule has 2 saturated carbocycles. The molecule has 0 heterocycles. The van der Waals surface area contributed by atoms with E-state index in [1.165, 1.54) is 25.7 Å². The molecule has 2 aliphatic rings. The predicted molar refractivity (Wildman–Crippen MR) is 74.5 cm³/mol. The highest BCUT2D eigenvalue weighted by molar-refractivity contribution is 5.80. The zero-order valence-electron chi connectivity index (χ0n) is 11.9.